The largest absolute Gasteiger partial charge is 0.508 e. The summed E-state index contributed by atoms with van der Waals surface area (Å²) in [6.45, 7) is 0.133. The Morgan fingerprint density at radius 1 is 1.08 bits per heavy atom. The molecule has 0 spiro atoms. The van der Waals surface area contributed by atoms with Crippen molar-refractivity contribution < 1.29 is 24.6 Å². The molecule has 7 heteroatoms. The van der Waals surface area contributed by atoms with Gasteiger partial charge >= 0.3 is 5.97 Å². The Labute approximate surface area is 144 Å². The Morgan fingerprint density at radius 3 is 2.36 bits per heavy atom. The number of nitrogens with zero attached hydrogens (tertiary/aromatic N) is 1. The first-order chi connectivity index (χ1) is 12.0. The summed E-state index contributed by atoms with van der Waals surface area (Å²) in [5.41, 5.74) is 2.48. The first-order valence-corrected chi connectivity index (χ1v) is 7.52. The minimum atomic E-state index is -0.820. The molecule has 0 aliphatic heterocycles. The van der Waals surface area contributed by atoms with Gasteiger partial charge in [-0.25, -0.2) is 4.79 Å². The SMILES string of the molecule is O=C(/C=C/c1ccc(O)cc1)OCc1ccc(CCO[N+](=O)[O-])cc1. The van der Waals surface area contributed by atoms with Crippen LogP contribution in [-0.2, 0) is 27.4 Å². The Hall–Kier alpha value is -3.35. The lowest BCUT2D eigenvalue weighted by molar-refractivity contribution is -0.757. The number of rotatable bonds is 8. The lowest BCUT2D eigenvalue weighted by Gasteiger charge is -2.04. The fourth-order valence-electron chi connectivity index (χ4n) is 1.99. The highest BCUT2D eigenvalue weighted by Crippen LogP contribution is 2.11. The van der Waals surface area contributed by atoms with E-state index in [1.165, 1.54) is 18.2 Å². The minimum absolute atomic E-state index is 0.00336. The summed E-state index contributed by atoms with van der Waals surface area (Å²) in [6, 6.07) is 13.6. The van der Waals surface area contributed by atoms with Crippen molar-refractivity contribution in [1.82, 2.24) is 0 Å². The Balaban J connectivity index is 1.77. The van der Waals surface area contributed by atoms with Gasteiger partial charge in [-0.15, -0.1) is 10.1 Å². The molecule has 2 rings (SSSR count). The summed E-state index contributed by atoms with van der Waals surface area (Å²) < 4.78 is 5.14. The van der Waals surface area contributed by atoms with Crippen LogP contribution in [0.1, 0.15) is 16.7 Å². The van der Waals surface area contributed by atoms with E-state index >= 15 is 0 Å². The Bertz CT molecular complexity index is 737. The maximum atomic E-state index is 11.7. The first kappa shape index (κ1) is 18.0. The molecule has 0 unspecified atom stereocenters. The molecule has 0 heterocycles. The Morgan fingerprint density at radius 2 is 1.72 bits per heavy atom. The van der Waals surface area contributed by atoms with Crippen molar-refractivity contribution in [1.29, 1.82) is 0 Å². The molecule has 130 valence electrons. The average molecular weight is 343 g/mol. The van der Waals surface area contributed by atoms with Gasteiger partial charge < -0.3 is 14.7 Å². The van der Waals surface area contributed by atoms with Crippen molar-refractivity contribution in [2.75, 3.05) is 6.61 Å². The predicted molar refractivity (Wildman–Crippen MR) is 90.0 cm³/mol. The number of carbonyl (C=O) groups is 1. The van der Waals surface area contributed by atoms with E-state index in [4.69, 9.17) is 4.74 Å². The number of phenolic OH excluding ortho intramolecular Hbond substituents is 1. The van der Waals surface area contributed by atoms with Crippen molar-refractivity contribution in [2.24, 2.45) is 0 Å². The third-order valence-electron chi connectivity index (χ3n) is 3.30. The van der Waals surface area contributed by atoms with Crippen molar-refractivity contribution in [3.63, 3.8) is 0 Å². The van der Waals surface area contributed by atoms with Crippen molar-refractivity contribution in [3.8, 4) is 5.75 Å². The summed E-state index contributed by atoms with van der Waals surface area (Å²) in [4.78, 5) is 26.0. The quantitative estimate of drug-likeness (QED) is 0.342. The molecule has 0 amide bonds. The number of hydrogen-bond acceptors (Lipinski definition) is 6. The number of esters is 1. The topological polar surface area (TPSA) is 98.9 Å². The molecule has 0 saturated carbocycles. The molecule has 7 nitrogen and oxygen atoms in total. The van der Waals surface area contributed by atoms with Gasteiger partial charge in [-0.2, -0.15) is 0 Å². The second-order valence-corrected chi connectivity index (χ2v) is 5.16. The average Bonchev–Trinajstić information content (AvgIpc) is 2.60. The van der Waals surface area contributed by atoms with E-state index < -0.39 is 11.1 Å². The molecule has 2 aromatic carbocycles. The summed E-state index contributed by atoms with van der Waals surface area (Å²) >= 11 is 0. The van der Waals surface area contributed by atoms with E-state index in [2.05, 4.69) is 4.84 Å². The number of ether oxygens (including phenoxy) is 1. The van der Waals surface area contributed by atoms with Crippen LogP contribution in [0.4, 0.5) is 0 Å². The zero-order valence-electron chi connectivity index (χ0n) is 13.3. The lowest BCUT2D eigenvalue weighted by atomic mass is 10.1. The molecule has 0 aliphatic carbocycles. The van der Waals surface area contributed by atoms with Crippen LogP contribution in [0.15, 0.2) is 54.6 Å². The smallest absolute Gasteiger partial charge is 0.331 e. The zero-order chi connectivity index (χ0) is 18.1. The molecule has 25 heavy (non-hydrogen) atoms. The van der Waals surface area contributed by atoms with Crippen molar-refractivity contribution >= 4 is 12.0 Å². The lowest BCUT2D eigenvalue weighted by Crippen LogP contribution is -2.05. The van der Waals surface area contributed by atoms with Gasteiger partial charge in [0.25, 0.3) is 5.09 Å². The van der Waals surface area contributed by atoms with Gasteiger partial charge in [0.15, 0.2) is 0 Å². The highest BCUT2D eigenvalue weighted by Gasteiger charge is 2.01. The zero-order valence-corrected chi connectivity index (χ0v) is 13.3. The summed E-state index contributed by atoms with van der Waals surface area (Å²) in [5, 5.41) is 18.4. The Kier molecular flexibility index (Phi) is 6.53. The molecule has 0 bridgehead atoms. The normalized spacial score (nSPS) is 10.6. The van der Waals surface area contributed by atoms with E-state index in [1.54, 1.807) is 42.5 Å². The maximum Gasteiger partial charge on any atom is 0.331 e. The van der Waals surface area contributed by atoms with Gasteiger partial charge in [-0.1, -0.05) is 36.4 Å². The molecule has 2 aromatic rings. The fourth-order valence-corrected chi connectivity index (χ4v) is 1.99. The molecule has 0 aliphatic rings. The van der Waals surface area contributed by atoms with E-state index in [0.717, 1.165) is 16.7 Å². The van der Waals surface area contributed by atoms with E-state index in [9.17, 15) is 20.0 Å². The first-order valence-electron chi connectivity index (χ1n) is 7.52. The van der Waals surface area contributed by atoms with Gasteiger partial charge in [0, 0.05) is 6.08 Å². The summed E-state index contributed by atoms with van der Waals surface area (Å²) in [7, 11) is 0. The number of carbonyl (C=O) groups excluding carboxylic acids is 1. The summed E-state index contributed by atoms with van der Waals surface area (Å²) in [5.74, 6) is -0.315. The molecule has 0 radical (unpaired) electrons. The minimum Gasteiger partial charge on any atom is -0.508 e. The van der Waals surface area contributed by atoms with Crippen LogP contribution in [0, 0.1) is 10.1 Å². The van der Waals surface area contributed by atoms with Crippen LogP contribution in [-0.4, -0.2) is 22.8 Å². The fraction of sp³-hybridized carbons (Fsp3) is 0.167. The second-order valence-electron chi connectivity index (χ2n) is 5.16. The molecule has 0 aromatic heterocycles. The molecule has 0 atom stereocenters. The molecular weight excluding hydrogens is 326 g/mol. The van der Waals surface area contributed by atoms with E-state index in [-0.39, 0.29) is 19.0 Å². The van der Waals surface area contributed by atoms with Crippen LogP contribution in [0.25, 0.3) is 6.08 Å². The van der Waals surface area contributed by atoms with Crippen LogP contribution < -0.4 is 0 Å². The molecular formula is C18H17NO6. The number of hydrogen-bond donors (Lipinski definition) is 1. The highest BCUT2D eigenvalue weighted by molar-refractivity contribution is 5.87. The van der Waals surface area contributed by atoms with Gasteiger partial charge in [-0.05, 0) is 41.3 Å². The summed E-state index contributed by atoms with van der Waals surface area (Å²) in [6.07, 6.45) is 3.34. The second kappa shape index (κ2) is 9.07. The van der Waals surface area contributed by atoms with Crippen molar-refractivity contribution in [3.05, 3.63) is 81.4 Å². The highest BCUT2D eigenvalue weighted by atomic mass is 16.9. The maximum absolute atomic E-state index is 11.7. The van der Waals surface area contributed by atoms with Crippen LogP contribution >= 0.6 is 0 Å². The molecule has 0 fully saturated rings. The van der Waals surface area contributed by atoms with Gasteiger partial charge in [0.1, 0.15) is 19.0 Å². The van der Waals surface area contributed by atoms with E-state index in [1.807, 2.05) is 0 Å². The standard InChI is InChI=1S/C18H17NO6/c20-17-8-5-14(6-9-17)7-10-18(21)24-13-16-3-1-15(2-4-16)11-12-25-19(22)23/h1-10,20H,11-13H2/b10-7+. The third kappa shape index (κ3) is 6.74. The third-order valence-corrected chi connectivity index (χ3v) is 3.30. The van der Waals surface area contributed by atoms with Gasteiger partial charge in [0.05, 0.1) is 0 Å². The van der Waals surface area contributed by atoms with E-state index in [0.29, 0.717) is 6.42 Å². The van der Waals surface area contributed by atoms with Crippen LogP contribution in [0.2, 0.25) is 0 Å². The number of benzene rings is 2. The van der Waals surface area contributed by atoms with Crippen LogP contribution in [0.3, 0.4) is 0 Å². The van der Waals surface area contributed by atoms with Gasteiger partial charge in [-0.3, -0.25) is 0 Å². The molecule has 0 saturated heterocycles. The monoisotopic (exact) mass is 343 g/mol. The molecule has 1 N–H and O–H groups in total. The van der Waals surface area contributed by atoms with Crippen molar-refractivity contribution in [2.45, 2.75) is 13.0 Å². The van der Waals surface area contributed by atoms with Gasteiger partial charge in [0.2, 0.25) is 0 Å². The van der Waals surface area contributed by atoms with Crippen LogP contribution in [0.5, 0.6) is 5.75 Å². The number of phenols is 1. The number of aromatic hydroxyl groups is 1. The predicted octanol–water partition coefficient (Wildman–Crippen LogP) is 2.90.